The Morgan fingerprint density at radius 2 is 1.87 bits per heavy atom. The minimum atomic E-state index is -0.482. The summed E-state index contributed by atoms with van der Waals surface area (Å²) in [6.45, 7) is -0.233. The maximum absolute atomic E-state index is 12.3. The molecule has 3 amide bonds. The summed E-state index contributed by atoms with van der Waals surface area (Å²) in [6.07, 6.45) is 1.51. The van der Waals surface area contributed by atoms with E-state index >= 15 is 0 Å². The van der Waals surface area contributed by atoms with Crippen LogP contribution in [-0.4, -0.2) is 23.7 Å². The predicted molar refractivity (Wildman–Crippen MR) is 119 cm³/mol. The molecule has 3 aromatic carbocycles. The molecule has 0 unspecified atom stereocenters. The standard InChI is InChI=1S/C22H15ClN2O4S/c23-16-6-8-18(15(9-16)11-19-21(27)25-22(28)30-19)29-12-20(26)24-17-7-5-13-3-1-2-4-14(13)10-17/h1-11H,12H2,(H,24,26)(H,25,27,28)/b19-11-. The van der Waals surface area contributed by atoms with Gasteiger partial charge < -0.3 is 10.1 Å². The van der Waals surface area contributed by atoms with Crippen molar-refractivity contribution in [2.45, 2.75) is 0 Å². The van der Waals surface area contributed by atoms with Gasteiger partial charge in [0.15, 0.2) is 6.61 Å². The number of nitrogens with one attached hydrogen (secondary N) is 2. The van der Waals surface area contributed by atoms with Crippen LogP contribution in [0, 0.1) is 0 Å². The van der Waals surface area contributed by atoms with Crippen molar-refractivity contribution in [1.82, 2.24) is 5.32 Å². The lowest BCUT2D eigenvalue weighted by atomic mass is 10.1. The van der Waals surface area contributed by atoms with E-state index in [0.717, 1.165) is 22.5 Å². The van der Waals surface area contributed by atoms with Crippen LogP contribution in [0.25, 0.3) is 16.8 Å². The molecule has 3 aromatic rings. The van der Waals surface area contributed by atoms with Crippen molar-refractivity contribution in [3.05, 3.63) is 76.2 Å². The maximum Gasteiger partial charge on any atom is 0.290 e. The van der Waals surface area contributed by atoms with Crippen LogP contribution in [0.3, 0.4) is 0 Å². The van der Waals surface area contributed by atoms with E-state index in [9.17, 15) is 14.4 Å². The van der Waals surface area contributed by atoms with Crippen molar-refractivity contribution >= 4 is 63.0 Å². The zero-order valence-corrected chi connectivity index (χ0v) is 17.0. The van der Waals surface area contributed by atoms with Gasteiger partial charge in [-0.3, -0.25) is 19.7 Å². The number of hydrogen-bond donors (Lipinski definition) is 2. The highest BCUT2D eigenvalue weighted by atomic mass is 35.5. The molecule has 150 valence electrons. The lowest BCUT2D eigenvalue weighted by molar-refractivity contribution is -0.118. The first-order valence-electron chi connectivity index (χ1n) is 8.94. The molecular weight excluding hydrogens is 424 g/mol. The van der Waals surface area contributed by atoms with E-state index in [2.05, 4.69) is 10.6 Å². The number of amides is 3. The van der Waals surface area contributed by atoms with E-state index in [1.165, 1.54) is 6.08 Å². The van der Waals surface area contributed by atoms with Crippen molar-refractivity contribution in [3.8, 4) is 5.75 Å². The summed E-state index contributed by atoms with van der Waals surface area (Å²) < 4.78 is 5.64. The average molecular weight is 439 g/mol. The highest BCUT2D eigenvalue weighted by molar-refractivity contribution is 8.18. The predicted octanol–water partition coefficient (Wildman–Crippen LogP) is 4.83. The smallest absolute Gasteiger partial charge is 0.290 e. The quantitative estimate of drug-likeness (QED) is 0.557. The third-order valence-electron chi connectivity index (χ3n) is 4.29. The second kappa shape index (κ2) is 8.61. The van der Waals surface area contributed by atoms with E-state index in [1.54, 1.807) is 18.2 Å². The number of carbonyl (C=O) groups excluding carboxylic acids is 3. The van der Waals surface area contributed by atoms with Crippen LogP contribution in [0.2, 0.25) is 5.02 Å². The molecule has 0 aliphatic carbocycles. The van der Waals surface area contributed by atoms with E-state index < -0.39 is 11.1 Å². The summed E-state index contributed by atoms with van der Waals surface area (Å²) in [5, 5.41) is 7.09. The average Bonchev–Trinajstić information content (AvgIpc) is 3.04. The van der Waals surface area contributed by atoms with Gasteiger partial charge in [0, 0.05) is 16.3 Å². The maximum atomic E-state index is 12.3. The van der Waals surface area contributed by atoms with Crippen LogP contribution < -0.4 is 15.4 Å². The lowest BCUT2D eigenvalue weighted by Crippen LogP contribution is -2.20. The number of rotatable bonds is 5. The fraction of sp³-hybridized carbons (Fsp3) is 0.0455. The fourth-order valence-corrected chi connectivity index (χ4v) is 3.79. The SMILES string of the molecule is O=C(COc1ccc(Cl)cc1/C=C1\SC(=O)NC1=O)Nc1ccc2ccccc2c1. The third-order valence-corrected chi connectivity index (χ3v) is 5.34. The van der Waals surface area contributed by atoms with Crippen LogP contribution in [0.1, 0.15) is 5.56 Å². The molecule has 1 heterocycles. The van der Waals surface area contributed by atoms with Gasteiger partial charge >= 0.3 is 0 Å². The molecule has 0 spiro atoms. The first kappa shape index (κ1) is 20.0. The number of fused-ring (bicyclic) bond motifs is 1. The Kier molecular flexibility index (Phi) is 5.74. The number of hydrogen-bond acceptors (Lipinski definition) is 5. The van der Waals surface area contributed by atoms with Gasteiger partial charge in [-0.1, -0.05) is 41.9 Å². The molecule has 0 atom stereocenters. The molecule has 0 bridgehead atoms. The largest absolute Gasteiger partial charge is 0.483 e. The van der Waals surface area contributed by atoms with Crippen molar-refractivity contribution < 1.29 is 19.1 Å². The van der Waals surface area contributed by atoms with Gasteiger partial charge in [0.1, 0.15) is 5.75 Å². The Bertz CT molecular complexity index is 1210. The highest BCUT2D eigenvalue weighted by Crippen LogP contribution is 2.31. The zero-order chi connectivity index (χ0) is 21.1. The molecule has 0 saturated carbocycles. The number of thioether (sulfide) groups is 1. The van der Waals surface area contributed by atoms with Crippen molar-refractivity contribution in [2.75, 3.05) is 11.9 Å². The first-order chi connectivity index (χ1) is 14.5. The second-order valence-corrected chi connectivity index (χ2v) is 7.88. The molecule has 6 nitrogen and oxygen atoms in total. The van der Waals surface area contributed by atoms with Gasteiger partial charge in [0.25, 0.3) is 17.1 Å². The van der Waals surface area contributed by atoms with Crippen molar-refractivity contribution in [2.24, 2.45) is 0 Å². The molecule has 1 aliphatic heterocycles. The van der Waals surface area contributed by atoms with Gasteiger partial charge in [-0.25, -0.2) is 0 Å². The molecule has 4 rings (SSSR count). The lowest BCUT2D eigenvalue weighted by Gasteiger charge is -2.11. The Balaban J connectivity index is 1.46. The number of anilines is 1. The van der Waals surface area contributed by atoms with Crippen LogP contribution in [-0.2, 0) is 9.59 Å². The topological polar surface area (TPSA) is 84.5 Å². The van der Waals surface area contributed by atoms with Gasteiger partial charge in [0.2, 0.25) is 0 Å². The van der Waals surface area contributed by atoms with Crippen molar-refractivity contribution in [3.63, 3.8) is 0 Å². The minimum absolute atomic E-state index is 0.229. The van der Waals surface area contributed by atoms with E-state index in [0.29, 0.717) is 22.0 Å². The van der Waals surface area contributed by atoms with Crippen molar-refractivity contribution in [1.29, 1.82) is 0 Å². The highest BCUT2D eigenvalue weighted by Gasteiger charge is 2.25. The number of imide groups is 1. The third kappa shape index (κ3) is 4.64. The Labute approximate surface area is 181 Å². The molecule has 2 N–H and O–H groups in total. The summed E-state index contributed by atoms with van der Waals surface area (Å²) in [7, 11) is 0. The molecule has 1 aliphatic rings. The Morgan fingerprint density at radius 3 is 2.63 bits per heavy atom. The van der Waals surface area contributed by atoms with Gasteiger partial charge in [-0.2, -0.15) is 0 Å². The number of halogens is 1. The molecule has 8 heteroatoms. The van der Waals surface area contributed by atoms with Crippen LogP contribution in [0.5, 0.6) is 5.75 Å². The summed E-state index contributed by atoms with van der Waals surface area (Å²) in [5.41, 5.74) is 1.16. The van der Waals surface area contributed by atoms with Gasteiger partial charge in [-0.05, 0) is 58.9 Å². The van der Waals surface area contributed by atoms with Gasteiger partial charge in [-0.15, -0.1) is 0 Å². The molecule has 0 aromatic heterocycles. The number of benzene rings is 3. The van der Waals surface area contributed by atoms with Crippen LogP contribution >= 0.6 is 23.4 Å². The molecular formula is C22H15ClN2O4S. The Morgan fingerprint density at radius 1 is 1.07 bits per heavy atom. The normalized spacial score (nSPS) is 14.8. The van der Waals surface area contributed by atoms with E-state index in [4.69, 9.17) is 16.3 Å². The molecule has 30 heavy (non-hydrogen) atoms. The van der Waals surface area contributed by atoms with Crippen LogP contribution in [0.15, 0.2) is 65.6 Å². The monoisotopic (exact) mass is 438 g/mol. The van der Waals surface area contributed by atoms with E-state index in [1.807, 2.05) is 42.5 Å². The molecule has 1 fully saturated rings. The summed E-state index contributed by atoms with van der Waals surface area (Å²) in [4.78, 5) is 35.7. The summed E-state index contributed by atoms with van der Waals surface area (Å²) >= 11 is 6.84. The van der Waals surface area contributed by atoms with E-state index in [-0.39, 0.29) is 17.4 Å². The summed E-state index contributed by atoms with van der Waals surface area (Å²) in [5.74, 6) is -0.444. The molecule has 0 radical (unpaired) electrons. The zero-order valence-electron chi connectivity index (χ0n) is 15.5. The van der Waals surface area contributed by atoms with Crippen LogP contribution in [0.4, 0.5) is 10.5 Å². The number of ether oxygens (including phenoxy) is 1. The second-order valence-electron chi connectivity index (χ2n) is 6.43. The Hall–Kier alpha value is -3.29. The van der Waals surface area contributed by atoms with Gasteiger partial charge in [0.05, 0.1) is 4.91 Å². The minimum Gasteiger partial charge on any atom is -0.483 e. The summed E-state index contributed by atoms with van der Waals surface area (Å²) in [6, 6.07) is 18.3. The first-order valence-corrected chi connectivity index (χ1v) is 10.1. The molecule has 1 saturated heterocycles. The fourth-order valence-electron chi connectivity index (χ4n) is 2.93. The number of carbonyl (C=O) groups is 3.